The summed E-state index contributed by atoms with van der Waals surface area (Å²) in [5.41, 5.74) is 0. The summed E-state index contributed by atoms with van der Waals surface area (Å²) in [6.45, 7) is 6.46. The highest BCUT2D eigenvalue weighted by molar-refractivity contribution is 5.81. The molecule has 20 heavy (non-hydrogen) atoms. The summed E-state index contributed by atoms with van der Waals surface area (Å²) in [5.74, 6) is 2.68. The Hall–Kier alpha value is -0.570. The van der Waals surface area contributed by atoms with Crippen LogP contribution in [0.5, 0.6) is 0 Å². The standard InChI is InChI=1S/C17H32N2O/c1-3-14-7-9-18-16(12-14)17(20)19-10-8-15-6-4-5-13(2)11-15/h13-16,18H,3-12H2,1-2H3,(H,19,20). The van der Waals surface area contributed by atoms with Gasteiger partial charge in [-0.1, -0.05) is 39.5 Å². The van der Waals surface area contributed by atoms with Crippen LogP contribution in [-0.2, 0) is 4.79 Å². The van der Waals surface area contributed by atoms with Gasteiger partial charge < -0.3 is 10.6 Å². The van der Waals surface area contributed by atoms with Crippen molar-refractivity contribution in [3.63, 3.8) is 0 Å². The molecule has 1 saturated carbocycles. The van der Waals surface area contributed by atoms with Gasteiger partial charge in [0.2, 0.25) is 5.91 Å². The number of carbonyl (C=O) groups is 1. The maximum absolute atomic E-state index is 12.2. The molecule has 2 aliphatic rings. The molecular formula is C17H32N2O. The van der Waals surface area contributed by atoms with Crippen LogP contribution in [0.15, 0.2) is 0 Å². The maximum atomic E-state index is 12.2. The molecule has 116 valence electrons. The molecule has 2 fully saturated rings. The van der Waals surface area contributed by atoms with E-state index >= 15 is 0 Å². The van der Waals surface area contributed by atoms with Gasteiger partial charge in [-0.15, -0.1) is 0 Å². The normalized spacial score (nSPS) is 34.7. The summed E-state index contributed by atoms with van der Waals surface area (Å²) in [7, 11) is 0. The molecule has 1 saturated heterocycles. The Morgan fingerprint density at radius 3 is 2.80 bits per heavy atom. The zero-order valence-electron chi connectivity index (χ0n) is 13.3. The van der Waals surface area contributed by atoms with Gasteiger partial charge in [0.15, 0.2) is 0 Å². The molecule has 1 heterocycles. The van der Waals surface area contributed by atoms with Crippen molar-refractivity contribution in [1.29, 1.82) is 0 Å². The lowest BCUT2D eigenvalue weighted by Gasteiger charge is -2.29. The van der Waals surface area contributed by atoms with E-state index in [4.69, 9.17) is 0 Å². The van der Waals surface area contributed by atoms with E-state index in [0.29, 0.717) is 0 Å². The first-order chi connectivity index (χ1) is 9.69. The predicted molar refractivity (Wildman–Crippen MR) is 83.6 cm³/mol. The molecule has 0 bridgehead atoms. The van der Waals surface area contributed by atoms with Crippen molar-refractivity contribution in [3.8, 4) is 0 Å². The van der Waals surface area contributed by atoms with Gasteiger partial charge in [-0.3, -0.25) is 4.79 Å². The molecule has 1 aliphatic carbocycles. The van der Waals surface area contributed by atoms with Crippen LogP contribution < -0.4 is 10.6 Å². The number of piperidine rings is 1. The number of carbonyl (C=O) groups excluding carboxylic acids is 1. The van der Waals surface area contributed by atoms with Crippen LogP contribution >= 0.6 is 0 Å². The Labute approximate surface area is 124 Å². The van der Waals surface area contributed by atoms with Crippen LogP contribution in [0.3, 0.4) is 0 Å². The molecule has 2 rings (SSSR count). The van der Waals surface area contributed by atoms with E-state index in [1.54, 1.807) is 0 Å². The third-order valence-corrected chi connectivity index (χ3v) is 5.30. The zero-order valence-corrected chi connectivity index (χ0v) is 13.3. The average molecular weight is 280 g/mol. The second kappa shape index (κ2) is 8.02. The van der Waals surface area contributed by atoms with Crippen molar-refractivity contribution in [3.05, 3.63) is 0 Å². The number of nitrogens with one attached hydrogen (secondary N) is 2. The van der Waals surface area contributed by atoms with Gasteiger partial charge in [0.05, 0.1) is 6.04 Å². The summed E-state index contributed by atoms with van der Waals surface area (Å²) < 4.78 is 0. The highest BCUT2D eigenvalue weighted by Gasteiger charge is 2.26. The van der Waals surface area contributed by atoms with Crippen LogP contribution in [0.4, 0.5) is 0 Å². The molecule has 2 N–H and O–H groups in total. The molecule has 3 nitrogen and oxygen atoms in total. The zero-order chi connectivity index (χ0) is 14.4. The molecule has 3 heteroatoms. The van der Waals surface area contributed by atoms with Crippen LogP contribution in [0, 0.1) is 17.8 Å². The molecule has 4 unspecified atom stereocenters. The fourth-order valence-corrected chi connectivity index (χ4v) is 3.91. The van der Waals surface area contributed by atoms with Crippen LogP contribution in [0.1, 0.15) is 65.2 Å². The van der Waals surface area contributed by atoms with Crippen LogP contribution in [0.25, 0.3) is 0 Å². The molecule has 1 amide bonds. The van der Waals surface area contributed by atoms with Gasteiger partial charge in [0.1, 0.15) is 0 Å². The minimum absolute atomic E-state index is 0.0546. The van der Waals surface area contributed by atoms with Crippen LogP contribution in [0.2, 0.25) is 0 Å². The SMILES string of the molecule is CCC1CCNC(C(=O)NCCC2CCCC(C)C2)C1. The van der Waals surface area contributed by atoms with Crippen molar-refractivity contribution < 1.29 is 4.79 Å². The summed E-state index contributed by atoms with van der Waals surface area (Å²) >= 11 is 0. The lowest BCUT2D eigenvalue weighted by atomic mass is 9.81. The number of rotatable bonds is 5. The monoisotopic (exact) mass is 280 g/mol. The Morgan fingerprint density at radius 2 is 2.05 bits per heavy atom. The highest BCUT2D eigenvalue weighted by Crippen LogP contribution is 2.30. The largest absolute Gasteiger partial charge is 0.355 e. The Bertz CT molecular complexity index is 305. The molecule has 4 atom stereocenters. The van der Waals surface area contributed by atoms with Crippen molar-refractivity contribution in [2.75, 3.05) is 13.1 Å². The third-order valence-electron chi connectivity index (χ3n) is 5.30. The van der Waals surface area contributed by atoms with Crippen LogP contribution in [-0.4, -0.2) is 25.0 Å². The van der Waals surface area contributed by atoms with Gasteiger partial charge in [0.25, 0.3) is 0 Å². The number of amides is 1. The van der Waals surface area contributed by atoms with E-state index < -0.39 is 0 Å². The summed E-state index contributed by atoms with van der Waals surface area (Å²) in [6.07, 6.45) is 10.1. The molecule has 0 radical (unpaired) electrons. The van der Waals surface area contributed by atoms with E-state index in [1.165, 1.54) is 44.9 Å². The van der Waals surface area contributed by atoms with Gasteiger partial charge >= 0.3 is 0 Å². The Morgan fingerprint density at radius 1 is 1.20 bits per heavy atom. The van der Waals surface area contributed by atoms with E-state index in [9.17, 15) is 4.79 Å². The van der Waals surface area contributed by atoms with Gasteiger partial charge in [-0.05, 0) is 50.0 Å². The van der Waals surface area contributed by atoms with Crippen molar-refractivity contribution in [2.24, 2.45) is 17.8 Å². The molecular weight excluding hydrogens is 248 g/mol. The summed E-state index contributed by atoms with van der Waals surface area (Å²) in [5, 5.41) is 6.52. The fourth-order valence-electron chi connectivity index (χ4n) is 3.91. The number of hydrogen-bond acceptors (Lipinski definition) is 2. The third kappa shape index (κ3) is 4.76. The fraction of sp³-hybridized carbons (Fsp3) is 0.941. The second-order valence-electron chi connectivity index (χ2n) is 7.02. The van der Waals surface area contributed by atoms with E-state index in [-0.39, 0.29) is 11.9 Å². The Balaban J connectivity index is 1.64. The first-order valence-corrected chi connectivity index (χ1v) is 8.70. The molecule has 0 aromatic carbocycles. The predicted octanol–water partition coefficient (Wildman–Crippen LogP) is 3.10. The van der Waals surface area contributed by atoms with Gasteiger partial charge in [-0.2, -0.15) is 0 Å². The van der Waals surface area contributed by atoms with E-state index in [0.717, 1.165) is 37.3 Å². The lowest BCUT2D eigenvalue weighted by molar-refractivity contribution is -0.124. The number of hydrogen-bond donors (Lipinski definition) is 2. The first kappa shape index (κ1) is 15.8. The quantitative estimate of drug-likeness (QED) is 0.812. The minimum atomic E-state index is 0.0546. The van der Waals surface area contributed by atoms with Crippen molar-refractivity contribution in [2.45, 2.75) is 71.3 Å². The lowest BCUT2D eigenvalue weighted by Crippen LogP contribution is -2.49. The van der Waals surface area contributed by atoms with Gasteiger partial charge in [0, 0.05) is 6.54 Å². The van der Waals surface area contributed by atoms with Gasteiger partial charge in [-0.25, -0.2) is 0 Å². The molecule has 0 aromatic heterocycles. The van der Waals surface area contributed by atoms with E-state index in [1.807, 2.05) is 0 Å². The molecule has 1 aliphatic heterocycles. The second-order valence-corrected chi connectivity index (χ2v) is 7.02. The highest BCUT2D eigenvalue weighted by atomic mass is 16.2. The summed E-state index contributed by atoms with van der Waals surface area (Å²) in [4.78, 5) is 12.2. The minimum Gasteiger partial charge on any atom is -0.355 e. The van der Waals surface area contributed by atoms with Crippen molar-refractivity contribution >= 4 is 5.91 Å². The smallest absolute Gasteiger partial charge is 0.237 e. The topological polar surface area (TPSA) is 41.1 Å². The summed E-state index contributed by atoms with van der Waals surface area (Å²) in [6, 6.07) is 0.0546. The molecule has 0 aromatic rings. The van der Waals surface area contributed by atoms with E-state index in [2.05, 4.69) is 24.5 Å². The molecule has 0 spiro atoms. The average Bonchev–Trinajstić information content (AvgIpc) is 2.47. The first-order valence-electron chi connectivity index (χ1n) is 8.70. The maximum Gasteiger partial charge on any atom is 0.237 e. The Kier molecular flexibility index (Phi) is 6.34. The van der Waals surface area contributed by atoms with Crippen molar-refractivity contribution in [1.82, 2.24) is 10.6 Å².